The summed E-state index contributed by atoms with van der Waals surface area (Å²) in [5, 5.41) is 2.18. The quantitative estimate of drug-likeness (QED) is 0.384. The first-order chi connectivity index (χ1) is 4.83. The summed E-state index contributed by atoms with van der Waals surface area (Å²) in [7, 11) is 0. The molecule has 0 spiro atoms. The van der Waals surface area contributed by atoms with Crippen molar-refractivity contribution in [3.8, 4) is 0 Å². The van der Waals surface area contributed by atoms with Gasteiger partial charge >= 0.3 is 0 Å². The Balaban J connectivity index is 2.23. The minimum atomic E-state index is -0.738. The van der Waals surface area contributed by atoms with Crippen LogP contribution in [0.4, 0.5) is 0 Å². The lowest BCUT2D eigenvalue weighted by molar-refractivity contribution is -0.140. The highest BCUT2D eigenvalue weighted by Gasteiger charge is 2.16. The Morgan fingerprint density at radius 3 is 2.60 bits per heavy atom. The number of amides is 1. The number of carbonyl (C=O) groups excluding carboxylic acids is 2. The van der Waals surface area contributed by atoms with E-state index in [0.717, 1.165) is 0 Å². The van der Waals surface area contributed by atoms with Crippen LogP contribution in [-0.4, -0.2) is 31.8 Å². The molecule has 1 aliphatic heterocycles. The molecule has 56 valence electrons. The number of nitrogens with one attached hydrogen (secondary N) is 1. The van der Waals surface area contributed by atoms with E-state index < -0.39 is 12.3 Å². The van der Waals surface area contributed by atoms with Crippen molar-refractivity contribution in [2.24, 2.45) is 0 Å². The van der Waals surface area contributed by atoms with Crippen LogP contribution in [0.5, 0.6) is 0 Å². The monoisotopic (exact) mass is 145 g/mol. The Bertz CT molecular complexity index is 141. The molecule has 1 rings (SSSR count). The summed E-state index contributed by atoms with van der Waals surface area (Å²) in [6.07, 6.45) is -0.567. The number of hydrogen-bond donors (Lipinski definition) is 1. The minimum absolute atomic E-state index is 0.172. The van der Waals surface area contributed by atoms with Crippen LogP contribution in [0.2, 0.25) is 0 Å². The lowest BCUT2D eigenvalue weighted by Crippen LogP contribution is -2.35. The topological polar surface area (TPSA) is 64.6 Å². The second-order valence-electron chi connectivity index (χ2n) is 1.70. The number of aldehydes is 1. The molecule has 1 aliphatic rings. The van der Waals surface area contributed by atoms with E-state index in [0.29, 0.717) is 13.2 Å². The second-order valence-corrected chi connectivity index (χ2v) is 1.70. The van der Waals surface area contributed by atoms with Crippen molar-refractivity contribution in [1.29, 1.82) is 0 Å². The number of hydrogen-bond acceptors (Lipinski definition) is 4. The maximum Gasteiger partial charge on any atom is 0.287 e. The van der Waals surface area contributed by atoms with Crippen LogP contribution in [-0.2, 0) is 19.1 Å². The third kappa shape index (κ3) is 1.78. The summed E-state index contributed by atoms with van der Waals surface area (Å²) in [5.41, 5.74) is 0. The molecule has 5 nitrogen and oxygen atoms in total. The highest BCUT2D eigenvalue weighted by Crippen LogP contribution is 1.98. The first-order valence-electron chi connectivity index (χ1n) is 2.82. The van der Waals surface area contributed by atoms with Gasteiger partial charge < -0.3 is 14.8 Å². The van der Waals surface area contributed by atoms with Crippen molar-refractivity contribution < 1.29 is 19.1 Å². The zero-order valence-corrected chi connectivity index (χ0v) is 5.20. The van der Waals surface area contributed by atoms with Gasteiger partial charge in [-0.1, -0.05) is 0 Å². The summed E-state index contributed by atoms with van der Waals surface area (Å²) in [6.45, 7) is 0.896. The Hall–Kier alpha value is -0.940. The lowest BCUT2D eigenvalue weighted by atomic mass is 10.7. The summed E-state index contributed by atoms with van der Waals surface area (Å²) in [6, 6.07) is 0. The van der Waals surface area contributed by atoms with Crippen molar-refractivity contribution >= 4 is 12.2 Å². The molecule has 0 radical (unpaired) electrons. The molecule has 0 bridgehead atoms. The molecule has 0 aliphatic carbocycles. The average Bonchev–Trinajstić information content (AvgIpc) is 2.40. The molecule has 1 N–H and O–H groups in total. The molecule has 1 saturated heterocycles. The van der Waals surface area contributed by atoms with Gasteiger partial charge in [0.05, 0.1) is 13.2 Å². The molecular weight excluding hydrogens is 138 g/mol. The molecule has 0 aromatic heterocycles. The van der Waals surface area contributed by atoms with Crippen molar-refractivity contribution in [1.82, 2.24) is 5.32 Å². The molecule has 1 heterocycles. The molecule has 1 amide bonds. The minimum Gasteiger partial charge on any atom is -0.333 e. The van der Waals surface area contributed by atoms with E-state index in [1.807, 2.05) is 0 Å². The number of carbonyl (C=O) groups is 2. The lowest BCUT2D eigenvalue weighted by Gasteiger charge is -2.06. The predicted octanol–water partition coefficient (Wildman–Crippen LogP) is -1.37. The van der Waals surface area contributed by atoms with Crippen molar-refractivity contribution in [3.63, 3.8) is 0 Å². The van der Waals surface area contributed by atoms with Crippen molar-refractivity contribution in [3.05, 3.63) is 0 Å². The summed E-state index contributed by atoms with van der Waals surface area (Å²) < 4.78 is 9.62. The van der Waals surface area contributed by atoms with E-state index in [1.54, 1.807) is 0 Å². The van der Waals surface area contributed by atoms with Gasteiger partial charge in [-0.25, -0.2) is 0 Å². The first kappa shape index (κ1) is 7.17. The zero-order valence-electron chi connectivity index (χ0n) is 5.20. The van der Waals surface area contributed by atoms with Crippen LogP contribution in [0.1, 0.15) is 0 Å². The summed E-state index contributed by atoms with van der Waals surface area (Å²) >= 11 is 0. The highest BCUT2D eigenvalue weighted by atomic mass is 16.7. The molecule has 0 saturated carbocycles. The predicted molar refractivity (Wildman–Crippen MR) is 29.9 cm³/mol. The van der Waals surface area contributed by atoms with Crippen LogP contribution >= 0.6 is 0 Å². The second kappa shape index (κ2) is 3.28. The van der Waals surface area contributed by atoms with Gasteiger partial charge in [0.2, 0.25) is 12.7 Å². The maximum absolute atomic E-state index is 10.3. The van der Waals surface area contributed by atoms with Crippen molar-refractivity contribution in [2.75, 3.05) is 13.2 Å². The molecule has 10 heavy (non-hydrogen) atoms. The number of ether oxygens (including phenoxy) is 2. The fourth-order valence-corrected chi connectivity index (χ4v) is 0.592. The first-order valence-corrected chi connectivity index (χ1v) is 2.82. The maximum atomic E-state index is 10.3. The van der Waals surface area contributed by atoms with E-state index in [4.69, 9.17) is 9.47 Å². The van der Waals surface area contributed by atoms with Crippen LogP contribution in [0.25, 0.3) is 0 Å². The Labute approximate surface area is 57.3 Å². The summed E-state index contributed by atoms with van der Waals surface area (Å²) in [4.78, 5) is 20.1. The molecular formula is C5H7NO4. The van der Waals surface area contributed by atoms with Gasteiger partial charge in [-0.15, -0.1) is 0 Å². The van der Waals surface area contributed by atoms with Gasteiger partial charge in [0.1, 0.15) is 0 Å². The molecule has 1 fully saturated rings. The fraction of sp³-hybridized carbons (Fsp3) is 0.600. The molecule has 0 aromatic rings. The van der Waals surface area contributed by atoms with Gasteiger partial charge in [0.25, 0.3) is 5.91 Å². The highest BCUT2D eigenvalue weighted by molar-refractivity contribution is 6.23. The number of rotatable bonds is 2. The van der Waals surface area contributed by atoms with Gasteiger partial charge in [0, 0.05) is 0 Å². The molecule has 0 unspecified atom stereocenters. The van der Waals surface area contributed by atoms with Gasteiger partial charge in [-0.05, 0) is 0 Å². The summed E-state index contributed by atoms with van der Waals surface area (Å²) in [5.74, 6) is -0.730. The Morgan fingerprint density at radius 1 is 1.50 bits per heavy atom. The smallest absolute Gasteiger partial charge is 0.287 e. The fourth-order valence-electron chi connectivity index (χ4n) is 0.592. The zero-order chi connectivity index (χ0) is 7.40. The largest absolute Gasteiger partial charge is 0.333 e. The van der Waals surface area contributed by atoms with Crippen LogP contribution in [0.15, 0.2) is 0 Å². The molecule has 0 atom stereocenters. The molecule has 5 heteroatoms. The van der Waals surface area contributed by atoms with E-state index in [9.17, 15) is 9.59 Å². The van der Waals surface area contributed by atoms with E-state index in [2.05, 4.69) is 5.32 Å². The average molecular weight is 145 g/mol. The van der Waals surface area contributed by atoms with E-state index >= 15 is 0 Å². The van der Waals surface area contributed by atoms with Gasteiger partial charge in [0.15, 0.2) is 0 Å². The van der Waals surface area contributed by atoms with E-state index in [-0.39, 0.29) is 6.29 Å². The molecule has 0 aromatic carbocycles. The van der Waals surface area contributed by atoms with Crippen molar-refractivity contribution in [2.45, 2.75) is 6.41 Å². The standard InChI is InChI=1S/C5H7NO4/c7-3-4(8)6-5-9-1-2-10-5/h3,5H,1-2H2,(H,6,8). The van der Waals surface area contributed by atoms with Gasteiger partial charge in [-0.3, -0.25) is 9.59 Å². The van der Waals surface area contributed by atoms with Crippen LogP contribution in [0.3, 0.4) is 0 Å². The van der Waals surface area contributed by atoms with E-state index in [1.165, 1.54) is 0 Å². The third-order valence-corrected chi connectivity index (χ3v) is 0.989. The Morgan fingerprint density at radius 2 is 2.10 bits per heavy atom. The van der Waals surface area contributed by atoms with Crippen LogP contribution < -0.4 is 5.32 Å². The Kier molecular flexibility index (Phi) is 2.35. The SMILES string of the molecule is O=CC(=O)NC1OCCO1. The third-order valence-electron chi connectivity index (χ3n) is 0.989. The van der Waals surface area contributed by atoms with Gasteiger partial charge in [-0.2, -0.15) is 0 Å². The van der Waals surface area contributed by atoms with Crippen LogP contribution in [0, 0.1) is 0 Å². The normalized spacial score (nSPS) is 18.8.